The fourth-order valence-electron chi connectivity index (χ4n) is 4.89. The van der Waals surface area contributed by atoms with Gasteiger partial charge in [-0.2, -0.15) is 0 Å². The van der Waals surface area contributed by atoms with Crippen LogP contribution in [0.25, 0.3) is 0 Å². The molecule has 0 aromatic rings. The normalized spacial score (nSPS) is 31.8. The number of rotatable bonds is 18. The molecule has 0 radical (unpaired) electrons. The summed E-state index contributed by atoms with van der Waals surface area (Å²) in [6, 6.07) is 0. The van der Waals surface area contributed by atoms with Crippen molar-refractivity contribution in [3.05, 3.63) is 0 Å². The monoisotopic (exact) mass is 474 g/mol. The second kappa shape index (κ2) is 15.0. The van der Waals surface area contributed by atoms with Crippen molar-refractivity contribution in [2.24, 2.45) is 0 Å². The van der Waals surface area contributed by atoms with Gasteiger partial charge in [-0.25, -0.2) is 0 Å². The highest BCUT2D eigenvalue weighted by Gasteiger charge is 2.51. The molecule has 6 atom stereocenters. The van der Waals surface area contributed by atoms with Gasteiger partial charge in [0.05, 0.1) is 38.6 Å². The Labute approximate surface area is 201 Å². The van der Waals surface area contributed by atoms with Gasteiger partial charge in [-0.15, -0.1) is 0 Å². The first kappa shape index (κ1) is 29.0. The van der Waals surface area contributed by atoms with E-state index in [0.29, 0.717) is 26.1 Å². The zero-order valence-corrected chi connectivity index (χ0v) is 21.6. The minimum absolute atomic E-state index is 0.0185. The summed E-state index contributed by atoms with van der Waals surface area (Å²) in [7, 11) is 0. The lowest BCUT2D eigenvalue weighted by Crippen LogP contribution is -2.52. The first-order valence-corrected chi connectivity index (χ1v) is 13.5. The van der Waals surface area contributed by atoms with E-state index in [1.54, 1.807) is 0 Å². The molecule has 33 heavy (non-hydrogen) atoms. The van der Waals surface area contributed by atoms with E-state index in [2.05, 4.69) is 13.8 Å². The second-order valence-corrected chi connectivity index (χ2v) is 9.78. The van der Waals surface area contributed by atoms with Crippen LogP contribution in [0, 0.1) is 0 Å². The molecule has 0 spiro atoms. The van der Waals surface area contributed by atoms with Crippen LogP contribution in [0.2, 0.25) is 0 Å². The second-order valence-electron chi connectivity index (χ2n) is 9.78. The largest absolute Gasteiger partial charge is 0.394 e. The lowest BCUT2D eigenvalue weighted by molar-refractivity contribution is -0.328. The minimum Gasteiger partial charge on any atom is -0.394 e. The maximum atomic E-state index is 9.65. The number of hydrogen-bond donors (Lipinski definition) is 2. The van der Waals surface area contributed by atoms with Gasteiger partial charge in [-0.3, -0.25) is 0 Å². The molecule has 196 valence electrons. The number of aliphatic hydroxyl groups is 2. The van der Waals surface area contributed by atoms with Crippen molar-refractivity contribution in [1.82, 2.24) is 0 Å². The van der Waals surface area contributed by atoms with Crippen LogP contribution >= 0.6 is 0 Å². The lowest BCUT2D eigenvalue weighted by Gasteiger charge is -2.41. The number of hydrogen-bond acceptors (Lipinski definition) is 7. The Bertz CT molecular complexity index is 475. The van der Waals surface area contributed by atoms with Crippen molar-refractivity contribution in [3.8, 4) is 0 Å². The van der Waals surface area contributed by atoms with E-state index in [4.69, 9.17) is 23.7 Å². The van der Waals surface area contributed by atoms with Gasteiger partial charge in [0.15, 0.2) is 11.6 Å². The Morgan fingerprint density at radius 1 is 0.727 bits per heavy atom. The molecule has 0 bridgehead atoms. The van der Waals surface area contributed by atoms with Crippen molar-refractivity contribution >= 4 is 0 Å². The van der Waals surface area contributed by atoms with Gasteiger partial charge in [-0.05, 0) is 39.5 Å². The lowest BCUT2D eigenvalue weighted by atomic mass is 10.0. The average Bonchev–Trinajstić information content (AvgIpc) is 3.44. The summed E-state index contributed by atoms with van der Waals surface area (Å²) in [5.74, 6) is -1.74. The third-order valence-electron chi connectivity index (χ3n) is 7.10. The molecule has 2 aliphatic heterocycles. The fraction of sp³-hybridized carbons (Fsp3) is 1.00. The van der Waals surface area contributed by atoms with Crippen LogP contribution in [0.5, 0.6) is 0 Å². The van der Waals surface area contributed by atoms with Gasteiger partial charge < -0.3 is 33.9 Å². The van der Waals surface area contributed by atoms with E-state index in [1.165, 1.54) is 25.7 Å². The summed E-state index contributed by atoms with van der Waals surface area (Å²) in [5.41, 5.74) is 0. The molecule has 0 aliphatic carbocycles. The quantitative estimate of drug-likeness (QED) is 0.278. The minimum atomic E-state index is -0.870. The van der Waals surface area contributed by atoms with Gasteiger partial charge in [0.2, 0.25) is 0 Å². The molecule has 0 aromatic carbocycles. The van der Waals surface area contributed by atoms with E-state index in [1.807, 2.05) is 13.8 Å². The molecule has 2 saturated heterocycles. The van der Waals surface area contributed by atoms with Crippen molar-refractivity contribution in [2.45, 2.75) is 141 Å². The molecule has 7 nitrogen and oxygen atoms in total. The van der Waals surface area contributed by atoms with Crippen molar-refractivity contribution in [2.75, 3.05) is 26.4 Å². The summed E-state index contributed by atoms with van der Waals surface area (Å²) in [5, 5.41) is 19.3. The summed E-state index contributed by atoms with van der Waals surface area (Å²) in [6.07, 6.45) is 10.7. The molecule has 2 fully saturated rings. The standard InChI is InChI=1S/C26H50O7/c1-5-7-9-11-17-29-25(15-13-23(19-27)32-25)21(3)31-22(4)26(16-14-24(20-28)33-26)30-18-12-10-8-6-2/h21-24,27-28H,5-20H2,1-4H3. The van der Waals surface area contributed by atoms with Crippen molar-refractivity contribution in [3.63, 3.8) is 0 Å². The van der Waals surface area contributed by atoms with Crippen LogP contribution in [0.1, 0.15) is 105 Å². The van der Waals surface area contributed by atoms with Gasteiger partial charge >= 0.3 is 0 Å². The zero-order valence-electron chi connectivity index (χ0n) is 21.6. The fourth-order valence-corrected chi connectivity index (χ4v) is 4.89. The smallest absolute Gasteiger partial charge is 0.194 e. The average molecular weight is 475 g/mol. The van der Waals surface area contributed by atoms with Crippen LogP contribution in [0.15, 0.2) is 0 Å². The highest BCUT2D eigenvalue weighted by atomic mass is 16.7. The number of unbranched alkanes of at least 4 members (excludes halogenated alkanes) is 6. The van der Waals surface area contributed by atoms with E-state index in [-0.39, 0.29) is 37.6 Å². The predicted octanol–water partition coefficient (Wildman–Crippen LogP) is 4.71. The first-order chi connectivity index (χ1) is 15.9. The van der Waals surface area contributed by atoms with E-state index >= 15 is 0 Å². The third-order valence-corrected chi connectivity index (χ3v) is 7.10. The number of aliphatic hydroxyl groups excluding tert-OH is 2. The SMILES string of the molecule is CCCCCCOC1(C(C)OC(C)C2(OCCCCCC)CCC(CO)O2)CCC(CO)O1. The molecule has 0 aromatic heterocycles. The molecular formula is C26H50O7. The zero-order chi connectivity index (χ0) is 24.2. The maximum Gasteiger partial charge on any atom is 0.194 e. The van der Waals surface area contributed by atoms with Gasteiger partial charge in [0.25, 0.3) is 0 Å². The summed E-state index contributed by atoms with van der Waals surface area (Å²) >= 11 is 0. The van der Waals surface area contributed by atoms with E-state index < -0.39 is 11.6 Å². The molecule has 2 aliphatic rings. The highest BCUT2D eigenvalue weighted by molar-refractivity contribution is 4.91. The van der Waals surface area contributed by atoms with Crippen LogP contribution in [-0.2, 0) is 23.7 Å². The van der Waals surface area contributed by atoms with E-state index in [9.17, 15) is 10.2 Å². The third kappa shape index (κ3) is 8.41. The van der Waals surface area contributed by atoms with Gasteiger partial charge in [0, 0.05) is 12.8 Å². The first-order valence-electron chi connectivity index (χ1n) is 13.5. The van der Waals surface area contributed by atoms with Gasteiger partial charge in [0.1, 0.15) is 12.2 Å². The molecule has 0 amide bonds. The summed E-state index contributed by atoms with van der Waals surface area (Å²) in [4.78, 5) is 0. The Morgan fingerprint density at radius 2 is 1.15 bits per heavy atom. The Morgan fingerprint density at radius 3 is 1.48 bits per heavy atom. The predicted molar refractivity (Wildman–Crippen MR) is 128 cm³/mol. The van der Waals surface area contributed by atoms with Crippen molar-refractivity contribution in [1.29, 1.82) is 0 Å². The van der Waals surface area contributed by atoms with Crippen LogP contribution in [0.3, 0.4) is 0 Å². The molecular weight excluding hydrogens is 424 g/mol. The molecule has 2 rings (SSSR count). The molecule has 2 N–H and O–H groups in total. The maximum absolute atomic E-state index is 9.65. The van der Waals surface area contributed by atoms with Crippen LogP contribution in [-0.4, -0.2) is 72.6 Å². The summed E-state index contributed by atoms with van der Waals surface area (Å²) in [6.45, 7) is 9.54. The topological polar surface area (TPSA) is 86.6 Å². The highest BCUT2D eigenvalue weighted by Crippen LogP contribution is 2.40. The molecule has 0 saturated carbocycles. The van der Waals surface area contributed by atoms with Crippen molar-refractivity contribution < 1.29 is 33.9 Å². The van der Waals surface area contributed by atoms with E-state index in [0.717, 1.165) is 38.5 Å². The Hall–Kier alpha value is -0.280. The molecule has 2 heterocycles. The van der Waals surface area contributed by atoms with Crippen LogP contribution < -0.4 is 0 Å². The molecule has 7 heteroatoms. The van der Waals surface area contributed by atoms with Crippen LogP contribution in [0.4, 0.5) is 0 Å². The Balaban J connectivity index is 2.02. The number of ether oxygens (including phenoxy) is 5. The Kier molecular flexibility index (Phi) is 13.1. The summed E-state index contributed by atoms with van der Waals surface area (Å²) < 4.78 is 31.6. The molecule has 6 unspecified atom stereocenters. The van der Waals surface area contributed by atoms with Gasteiger partial charge in [-0.1, -0.05) is 52.4 Å².